The van der Waals surface area contributed by atoms with Crippen molar-refractivity contribution in [2.24, 2.45) is 4.99 Å². The molecule has 1 unspecified atom stereocenters. The van der Waals surface area contributed by atoms with Crippen molar-refractivity contribution in [2.45, 2.75) is 71.6 Å². The number of aliphatic imine (C=N–C) groups is 1. The van der Waals surface area contributed by atoms with Gasteiger partial charge in [0.15, 0.2) is 5.70 Å². The average Bonchev–Trinajstić information content (AvgIpc) is 3.74. The highest BCUT2D eigenvalue weighted by Gasteiger charge is 2.37. The van der Waals surface area contributed by atoms with Crippen molar-refractivity contribution in [1.82, 2.24) is 0 Å². The summed E-state index contributed by atoms with van der Waals surface area (Å²) in [5.74, 6) is 1.26. The first kappa shape index (κ1) is 38.6. The molecule has 0 radical (unpaired) electrons. The number of para-hydroxylation sites is 2. The van der Waals surface area contributed by atoms with Crippen molar-refractivity contribution < 1.29 is 8.99 Å². The van der Waals surface area contributed by atoms with E-state index in [1.54, 1.807) is 0 Å². The lowest BCUT2D eigenvalue weighted by Crippen LogP contribution is -2.25. The minimum absolute atomic E-state index is 0.0161. The van der Waals surface area contributed by atoms with E-state index >= 15 is 0 Å². The Morgan fingerprint density at radius 2 is 1.34 bits per heavy atom. The van der Waals surface area contributed by atoms with E-state index in [0.29, 0.717) is 5.92 Å². The number of hydrogen-bond donors (Lipinski definition) is 0. The summed E-state index contributed by atoms with van der Waals surface area (Å²) in [6, 6.07) is 57.7. The fourth-order valence-electron chi connectivity index (χ4n) is 10.4. The Balaban J connectivity index is 1.07. The molecule has 0 fully saturated rings. The van der Waals surface area contributed by atoms with Gasteiger partial charge < -0.3 is 4.42 Å². The minimum atomic E-state index is -0.0161. The van der Waals surface area contributed by atoms with Crippen LogP contribution in [0.25, 0.3) is 49.9 Å². The molecule has 0 N–H and O–H groups in total. The fraction of sp³-hybridized carbons (Fsp3) is 0.207. The quantitative estimate of drug-likeness (QED) is 0.134. The van der Waals surface area contributed by atoms with Crippen LogP contribution in [-0.2, 0) is 11.8 Å². The number of fused-ring (bicyclic) bond motifs is 6. The Kier molecular flexibility index (Phi) is 9.79. The van der Waals surface area contributed by atoms with Crippen LogP contribution in [-0.4, -0.2) is 23.2 Å². The Bertz CT molecular complexity index is 3100. The zero-order valence-corrected chi connectivity index (χ0v) is 36.2. The normalized spacial score (nSPS) is 15.2. The number of rotatable bonds is 9. The van der Waals surface area contributed by atoms with Crippen LogP contribution < -0.4 is 0 Å². The highest BCUT2D eigenvalue weighted by molar-refractivity contribution is 6.11. The van der Waals surface area contributed by atoms with Gasteiger partial charge in [-0.3, -0.25) is 0 Å². The lowest BCUT2D eigenvalue weighted by atomic mass is 9.80. The summed E-state index contributed by atoms with van der Waals surface area (Å²) >= 11 is 0. The number of allylic oxidation sites excluding steroid dienone is 1. The van der Waals surface area contributed by atoms with Gasteiger partial charge in [-0.25, -0.2) is 4.58 Å². The molecule has 2 heterocycles. The van der Waals surface area contributed by atoms with Crippen LogP contribution in [0.2, 0.25) is 0 Å². The third kappa shape index (κ3) is 6.50. The lowest BCUT2D eigenvalue weighted by Gasteiger charge is -2.23. The molecule has 3 nitrogen and oxygen atoms in total. The number of amidine groups is 1. The standard InChI is InChI=1S/C58H53N2O/c1-7-38(34-42-22-12-13-25-45(42)44-32-33-51-54(37(44)3)48-27-14-16-30-50(48)58(51,4)5)41-23-18-24-43(35-41)57-59-55(39(8-2)36-52(60(57)6)40-20-10-9-11-21-40)49-29-19-28-47-46-26-15-17-31-53(46)61-56(47)49/h9-33,35,38H,7-8,34,36H2,1-6H3/q+1. The number of furan rings is 1. The monoisotopic (exact) mass is 793 g/mol. The molecule has 1 atom stereocenters. The Hall–Kier alpha value is -6.58. The number of hydrogen-bond acceptors (Lipinski definition) is 2. The van der Waals surface area contributed by atoms with Crippen molar-refractivity contribution in [2.75, 3.05) is 7.05 Å². The largest absolute Gasteiger partial charge is 0.455 e. The molecule has 7 aromatic carbocycles. The Morgan fingerprint density at radius 3 is 2.16 bits per heavy atom. The third-order valence-electron chi connectivity index (χ3n) is 13.7. The van der Waals surface area contributed by atoms with Gasteiger partial charge in [-0.2, -0.15) is 0 Å². The van der Waals surface area contributed by atoms with Gasteiger partial charge in [-0.05, 0) is 117 Å². The predicted octanol–water partition coefficient (Wildman–Crippen LogP) is 14.7. The molecular formula is C58H53N2O+. The molecular weight excluding hydrogens is 741 g/mol. The zero-order valence-electron chi connectivity index (χ0n) is 36.2. The smallest absolute Gasteiger partial charge is 0.330 e. The molecule has 3 heteroatoms. The second-order valence-corrected chi connectivity index (χ2v) is 17.5. The first-order chi connectivity index (χ1) is 29.8. The van der Waals surface area contributed by atoms with Gasteiger partial charge in [0.1, 0.15) is 16.9 Å². The van der Waals surface area contributed by atoms with Crippen LogP contribution in [0.1, 0.15) is 97.4 Å². The van der Waals surface area contributed by atoms with Crippen molar-refractivity contribution >= 4 is 39.2 Å². The van der Waals surface area contributed by atoms with Crippen LogP contribution in [0, 0.1) is 6.92 Å². The molecule has 2 aliphatic rings. The maximum atomic E-state index is 6.64. The van der Waals surface area contributed by atoms with Crippen LogP contribution in [0.15, 0.2) is 173 Å². The minimum Gasteiger partial charge on any atom is -0.455 e. The predicted molar refractivity (Wildman–Crippen MR) is 256 cm³/mol. The van der Waals surface area contributed by atoms with Crippen LogP contribution in [0.3, 0.4) is 0 Å². The van der Waals surface area contributed by atoms with Crippen molar-refractivity contribution in [1.29, 1.82) is 0 Å². The number of benzene rings is 7. The summed E-state index contributed by atoms with van der Waals surface area (Å²) in [6.07, 6.45) is 3.62. The van der Waals surface area contributed by atoms with Crippen LogP contribution in [0.4, 0.5) is 0 Å². The van der Waals surface area contributed by atoms with Gasteiger partial charge in [0, 0.05) is 28.2 Å². The molecule has 0 amide bonds. The maximum absolute atomic E-state index is 6.64. The van der Waals surface area contributed by atoms with E-state index in [1.165, 1.54) is 66.9 Å². The second-order valence-electron chi connectivity index (χ2n) is 17.5. The van der Waals surface area contributed by atoms with Crippen molar-refractivity contribution in [3.05, 3.63) is 208 Å². The first-order valence-corrected chi connectivity index (χ1v) is 22.1. The van der Waals surface area contributed by atoms with E-state index in [4.69, 9.17) is 9.41 Å². The van der Waals surface area contributed by atoms with E-state index < -0.39 is 0 Å². The molecule has 61 heavy (non-hydrogen) atoms. The van der Waals surface area contributed by atoms with E-state index in [-0.39, 0.29) is 5.41 Å². The van der Waals surface area contributed by atoms with E-state index in [2.05, 4.69) is 198 Å². The van der Waals surface area contributed by atoms with E-state index in [9.17, 15) is 0 Å². The molecule has 0 spiro atoms. The SMILES string of the molecule is CCC1=C(c2cccc3c2oc2ccccc23)N=C(c2cccc(C(CC)Cc3ccccc3-c3ccc4c(c3C)-c3ccccc3C4(C)C)c2)[N+](C)=C(c2ccccc2)C1. The van der Waals surface area contributed by atoms with Crippen LogP contribution in [0.5, 0.6) is 0 Å². The van der Waals surface area contributed by atoms with Crippen molar-refractivity contribution in [3.63, 3.8) is 0 Å². The van der Waals surface area contributed by atoms with Gasteiger partial charge in [0.2, 0.25) is 0 Å². The zero-order chi connectivity index (χ0) is 41.8. The molecule has 1 aliphatic carbocycles. The molecule has 1 aromatic heterocycles. The summed E-state index contributed by atoms with van der Waals surface area (Å²) < 4.78 is 8.98. The van der Waals surface area contributed by atoms with Crippen molar-refractivity contribution in [3.8, 4) is 22.3 Å². The summed E-state index contributed by atoms with van der Waals surface area (Å²) in [5.41, 5.74) is 21.0. The van der Waals surface area contributed by atoms with Crippen LogP contribution >= 0.6 is 0 Å². The third-order valence-corrected chi connectivity index (χ3v) is 13.7. The number of nitrogens with zero attached hydrogens (tertiary/aromatic N) is 2. The van der Waals surface area contributed by atoms with Gasteiger partial charge in [-0.1, -0.05) is 161 Å². The highest BCUT2D eigenvalue weighted by atomic mass is 16.3. The highest BCUT2D eigenvalue weighted by Crippen LogP contribution is 2.51. The fourth-order valence-corrected chi connectivity index (χ4v) is 10.4. The summed E-state index contributed by atoms with van der Waals surface area (Å²) in [6.45, 7) is 11.6. The van der Waals surface area contributed by atoms with Gasteiger partial charge in [0.25, 0.3) is 0 Å². The summed E-state index contributed by atoms with van der Waals surface area (Å²) in [5, 5.41) is 2.25. The topological polar surface area (TPSA) is 28.5 Å². The lowest BCUT2D eigenvalue weighted by molar-refractivity contribution is -0.370. The molecule has 0 saturated carbocycles. The van der Waals surface area contributed by atoms with Gasteiger partial charge >= 0.3 is 5.84 Å². The molecule has 1 aliphatic heterocycles. The molecule has 0 saturated heterocycles. The first-order valence-electron chi connectivity index (χ1n) is 22.1. The molecule has 300 valence electrons. The molecule has 10 rings (SSSR count). The van der Waals surface area contributed by atoms with E-state index in [1.807, 2.05) is 6.07 Å². The van der Waals surface area contributed by atoms with E-state index in [0.717, 1.165) is 70.3 Å². The Labute approximate surface area is 360 Å². The Morgan fingerprint density at radius 1 is 0.656 bits per heavy atom. The average molecular weight is 794 g/mol. The van der Waals surface area contributed by atoms with Gasteiger partial charge in [-0.15, -0.1) is 0 Å². The summed E-state index contributed by atoms with van der Waals surface area (Å²) in [4.78, 5) is 5.72. The van der Waals surface area contributed by atoms with Gasteiger partial charge in [0.05, 0.1) is 18.2 Å². The molecule has 8 aromatic rings. The molecule has 0 bridgehead atoms. The maximum Gasteiger partial charge on any atom is 0.330 e. The second kappa shape index (κ2) is 15.5. The summed E-state index contributed by atoms with van der Waals surface area (Å²) in [7, 11) is 2.19.